The minimum Gasteiger partial charge on any atom is -0.497 e. The predicted molar refractivity (Wildman–Crippen MR) is 81.2 cm³/mol. The molecule has 0 spiro atoms. The van der Waals surface area contributed by atoms with Gasteiger partial charge in [0, 0.05) is 0 Å². The highest BCUT2D eigenvalue weighted by molar-refractivity contribution is 7.13. The third-order valence-corrected chi connectivity index (χ3v) is 4.52. The lowest BCUT2D eigenvalue weighted by Gasteiger charge is -2.21. The highest BCUT2D eigenvalue weighted by Crippen LogP contribution is 2.25. The third kappa shape index (κ3) is 2.37. The third-order valence-electron chi connectivity index (χ3n) is 3.72. The van der Waals surface area contributed by atoms with Crippen LogP contribution in [0.5, 0.6) is 5.75 Å². The molecule has 0 saturated heterocycles. The van der Waals surface area contributed by atoms with Crippen LogP contribution in [0.2, 0.25) is 0 Å². The van der Waals surface area contributed by atoms with Crippen molar-refractivity contribution in [3.63, 3.8) is 0 Å². The predicted octanol–water partition coefficient (Wildman–Crippen LogP) is 1.30. The number of carbonyl (C=O) groups is 2. The number of ether oxygens (including phenoxy) is 1. The van der Waals surface area contributed by atoms with Crippen LogP contribution in [0.4, 0.5) is 5.13 Å². The molecular formula is C15H16N3O3S+. The van der Waals surface area contributed by atoms with E-state index < -0.39 is 5.92 Å². The minimum atomic E-state index is -0.729. The summed E-state index contributed by atoms with van der Waals surface area (Å²) in [6.45, 7) is 2.41. The number of benzene rings is 1. The molecule has 1 atom stereocenters. The largest absolute Gasteiger partial charge is 0.497 e. The van der Waals surface area contributed by atoms with Gasteiger partial charge in [0.15, 0.2) is 5.92 Å². The topological polar surface area (TPSA) is 63.4 Å². The van der Waals surface area contributed by atoms with Crippen molar-refractivity contribution < 1.29 is 19.0 Å². The van der Waals surface area contributed by atoms with Crippen LogP contribution in [0.15, 0.2) is 29.8 Å². The van der Waals surface area contributed by atoms with Gasteiger partial charge in [-0.2, -0.15) is 4.90 Å². The van der Waals surface area contributed by atoms with Gasteiger partial charge in [0.2, 0.25) is 0 Å². The molecule has 3 rings (SSSR count). The molecule has 7 heteroatoms. The molecule has 0 saturated carbocycles. The number of nitrogens with zero attached hydrogens (tertiary/aromatic N) is 3. The lowest BCUT2D eigenvalue weighted by atomic mass is 9.96. The molecule has 22 heavy (non-hydrogen) atoms. The average molecular weight is 318 g/mol. The molecule has 1 aromatic carbocycles. The summed E-state index contributed by atoms with van der Waals surface area (Å²) in [5, 5.41) is 4.65. The second-order valence-corrected chi connectivity index (χ2v) is 5.77. The van der Waals surface area contributed by atoms with Crippen molar-refractivity contribution in [3.05, 3.63) is 35.3 Å². The van der Waals surface area contributed by atoms with Crippen molar-refractivity contribution in [3.8, 4) is 5.75 Å². The number of anilines is 1. The van der Waals surface area contributed by atoms with Crippen LogP contribution in [-0.4, -0.2) is 30.6 Å². The second kappa shape index (κ2) is 5.84. The number of amides is 1. The summed E-state index contributed by atoms with van der Waals surface area (Å²) in [5.41, 5.74) is 2.50. The smallest absolute Gasteiger partial charge is 0.373 e. The summed E-state index contributed by atoms with van der Waals surface area (Å²) in [6, 6.07) is 7.39. The molecule has 0 N–H and O–H groups in total. The fraction of sp³-hybridized carbons (Fsp3) is 0.333. The van der Waals surface area contributed by atoms with Crippen LogP contribution in [0, 0.1) is 5.92 Å². The molecule has 1 aromatic heterocycles. The van der Waals surface area contributed by atoms with E-state index in [4.69, 9.17) is 4.74 Å². The molecule has 1 aliphatic heterocycles. The Balaban J connectivity index is 1.90. The minimum absolute atomic E-state index is 0.160. The summed E-state index contributed by atoms with van der Waals surface area (Å²) in [5.74, 6) is -0.404. The Labute approximate surface area is 131 Å². The Bertz CT molecular complexity index is 711. The van der Waals surface area contributed by atoms with Crippen molar-refractivity contribution >= 4 is 28.3 Å². The Morgan fingerprint density at radius 1 is 1.32 bits per heavy atom. The first-order chi connectivity index (χ1) is 10.7. The molecule has 1 unspecified atom stereocenters. The number of rotatable bonds is 4. The van der Waals surface area contributed by atoms with Gasteiger partial charge in [0.25, 0.3) is 0 Å². The van der Waals surface area contributed by atoms with Crippen LogP contribution in [0.3, 0.4) is 0 Å². The van der Waals surface area contributed by atoms with Crippen LogP contribution in [0.1, 0.15) is 17.3 Å². The molecule has 1 aliphatic rings. The lowest BCUT2D eigenvalue weighted by molar-refractivity contribution is -0.623. The molecule has 0 aliphatic carbocycles. The van der Waals surface area contributed by atoms with Gasteiger partial charge in [-0.3, -0.25) is 0 Å². The van der Waals surface area contributed by atoms with Crippen molar-refractivity contribution in [2.45, 2.75) is 13.3 Å². The molecule has 6 nitrogen and oxygen atoms in total. The zero-order valence-electron chi connectivity index (χ0n) is 12.4. The second-order valence-electron chi connectivity index (χ2n) is 4.96. The highest BCUT2D eigenvalue weighted by atomic mass is 32.1. The lowest BCUT2D eigenvalue weighted by Crippen LogP contribution is -2.61. The fourth-order valence-electron chi connectivity index (χ4n) is 2.54. The summed E-state index contributed by atoms with van der Waals surface area (Å²) < 4.78 is 6.45. The number of carbonyl (C=O) groups excluding carboxylic acids is 2. The number of hydrogen-bond acceptors (Lipinski definition) is 5. The van der Waals surface area contributed by atoms with Gasteiger partial charge in [-0.1, -0.05) is 21.9 Å². The van der Waals surface area contributed by atoms with Gasteiger partial charge < -0.3 is 4.74 Å². The van der Waals surface area contributed by atoms with Gasteiger partial charge in [0.05, 0.1) is 13.7 Å². The maximum absolute atomic E-state index is 12.6. The summed E-state index contributed by atoms with van der Waals surface area (Å²) >= 11 is 1.30. The van der Waals surface area contributed by atoms with E-state index in [2.05, 4.69) is 5.10 Å². The summed E-state index contributed by atoms with van der Waals surface area (Å²) in [6.07, 6.45) is 0.363. The standard InChI is InChI=1S/C15H16N3O3S/c1-3-17-13(19)12(14(20)18-15(17)22-9-16-18)8-10-4-6-11(21-2)7-5-10/h4-7,9,12H,3,8H2,1-2H3/q+1. The normalized spacial score (nSPS) is 17.5. The highest BCUT2D eigenvalue weighted by Gasteiger charge is 2.48. The Hall–Kier alpha value is -2.28. The first-order valence-electron chi connectivity index (χ1n) is 7.00. The van der Waals surface area contributed by atoms with E-state index >= 15 is 0 Å². The van der Waals surface area contributed by atoms with Crippen LogP contribution in [-0.2, 0) is 11.2 Å². The van der Waals surface area contributed by atoms with E-state index in [1.54, 1.807) is 17.5 Å². The van der Waals surface area contributed by atoms with Gasteiger partial charge in [-0.05, 0) is 42.4 Å². The van der Waals surface area contributed by atoms with Gasteiger partial charge >= 0.3 is 16.9 Å². The Morgan fingerprint density at radius 2 is 2.05 bits per heavy atom. The number of fused-ring (bicyclic) bond motifs is 1. The Morgan fingerprint density at radius 3 is 2.68 bits per heavy atom. The maximum Gasteiger partial charge on any atom is 0.373 e. The van der Waals surface area contributed by atoms with E-state index in [0.717, 1.165) is 11.3 Å². The first-order valence-corrected chi connectivity index (χ1v) is 7.88. The SMILES string of the molecule is CCN1C(=O)C(Cc2ccc(OC)cc2)C(=O)[n+]2ncsc21. The van der Waals surface area contributed by atoms with Crippen molar-refractivity contribution in [1.82, 2.24) is 5.10 Å². The van der Waals surface area contributed by atoms with Crippen LogP contribution < -0.4 is 14.3 Å². The molecule has 0 fully saturated rings. The first kappa shape index (κ1) is 14.6. The van der Waals surface area contributed by atoms with Crippen molar-refractivity contribution in [2.75, 3.05) is 18.6 Å². The molecule has 0 radical (unpaired) electrons. The molecule has 2 heterocycles. The summed E-state index contributed by atoms with van der Waals surface area (Å²) in [7, 11) is 1.60. The van der Waals surface area contributed by atoms with Crippen molar-refractivity contribution in [2.24, 2.45) is 5.92 Å². The van der Waals surface area contributed by atoms with E-state index in [-0.39, 0.29) is 11.8 Å². The number of aromatic nitrogens is 2. The maximum atomic E-state index is 12.6. The van der Waals surface area contributed by atoms with Gasteiger partial charge in [0.1, 0.15) is 11.3 Å². The molecule has 114 valence electrons. The zero-order chi connectivity index (χ0) is 15.7. The monoisotopic (exact) mass is 318 g/mol. The van der Waals surface area contributed by atoms with E-state index in [9.17, 15) is 9.59 Å². The quantitative estimate of drug-likeness (QED) is 0.630. The van der Waals surface area contributed by atoms with Crippen molar-refractivity contribution in [1.29, 1.82) is 0 Å². The zero-order valence-corrected chi connectivity index (χ0v) is 13.2. The number of hydrogen-bond donors (Lipinski definition) is 0. The van der Waals surface area contributed by atoms with Gasteiger partial charge in [-0.15, -0.1) is 0 Å². The molecule has 2 aromatic rings. The van der Waals surface area contributed by atoms with Crippen LogP contribution in [0.25, 0.3) is 0 Å². The van der Waals surface area contributed by atoms with Gasteiger partial charge in [-0.25, -0.2) is 9.59 Å². The average Bonchev–Trinajstić information content (AvgIpc) is 3.02. The molecule has 0 bridgehead atoms. The molecule has 1 amide bonds. The fourth-order valence-corrected chi connectivity index (χ4v) is 3.36. The van der Waals surface area contributed by atoms with E-state index in [0.29, 0.717) is 18.1 Å². The summed E-state index contributed by atoms with van der Waals surface area (Å²) in [4.78, 5) is 26.7. The van der Waals surface area contributed by atoms with E-state index in [1.165, 1.54) is 16.0 Å². The van der Waals surface area contributed by atoms with Crippen LogP contribution >= 0.6 is 11.3 Å². The van der Waals surface area contributed by atoms with E-state index in [1.807, 2.05) is 31.2 Å². The number of methoxy groups -OCH3 is 1. The molecular weight excluding hydrogens is 302 g/mol. The Kier molecular flexibility index (Phi) is 3.89.